The van der Waals surface area contributed by atoms with Crippen LogP contribution in [0.1, 0.15) is 19.8 Å². The third-order valence-corrected chi connectivity index (χ3v) is 5.35. The largest absolute Gasteiger partial charge is 0.466 e. The molecule has 0 radical (unpaired) electrons. The van der Waals surface area contributed by atoms with E-state index in [1.165, 1.54) is 22.6 Å². The summed E-state index contributed by atoms with van der Waals surface area (Å²) in [5.41, 5.74) is 5.46. The number of hydrogen-bond acceptors (Lipinski definition) is 6. The lowest BCUT2D eigenvalue weighted by atomic mass is 9.98. The SMILES string of the molecule is CCOC(=O)C1CCN(S(=O)(=O)c2ccc(N)nc2)CC1. The van der Waals surface area contributed by atoms with E-state index in [0.717, 1.165) is 0 Å². The molecule has 0 amide bonds. The van der Waals surface area contributed by atoms with Crippen LogP contribution in [0.3, 0.4) is 0 Å². The summed E-state index contributed by atoms with van der Waals surface area (Å²) < 4.78 is 31.2. The van der Waals surface area contributed by atoms with Crippen LogP contribution in [-0.4, -0.2) is 43.4 Å². The van der Waals surface area contributed by atoms with E-state index in [9.17, 15) is 13.2 Å². The van der Waals surface area contributed by atoms with Crippen LogP contribution in [0.4, 0.5) is 5.82 Å². The average Bonchev–Trinajstić information content (AvgIpc) is 2.48. The Hall–Kier alpha value is -1.67. The Morgan fingerprint density at radius 3 is 2.62 bits per heavy atom. The lowest BCUT2D eigenvalue weighted by molar-refractivity contribution is -0.149. The second kappa shape index (κ2) is 6.40. The number of carbonyl (C=O) groups is 1. The van der Waals surface area contributed by atoms with Crippen LogP contribution in [-0.2, 0) is 19.6 Å². The third kappa shape index (κ3) is 3.51. The van der Waals surface area contributed by atoms with Gasteiger partial charge in [0.25, 0.3) is 0 Å². The van der Waals surface area contributed by atoms with E-state index in [1.807, 2.05) is 0 Å². The molecule has 116 valence electrons. The van der Waals surface area contributed by atoms with Crippen molar-refractivity contribution < 1.29 is 17.9 Å². The first-order valence-corrected chi connectivity index (χ1v) is 8.27. The minimum atomic E-state index is -3.58. The summed E-state index contributed by atoms with van der Waals surface area (Å²) in [5.74, 6) is -0.195. The predicted octanol–water partition coefficient (Wildman–Crippen LogP) is 0.628. The third-order valence-electron chi connectivity index (χ3n) is 3.47. The molecule has 8 heteroatoms. The number of aromatic nitrogens is 1. The zero-order valence-corrected chi connectivity index (χ0v) is 12.7. The normalized spacial score (nSPS) is 17.6. The number of nitrogens with zero attached hydrogens (tertiary/aromatic N) is 2. The van der Waals surface area contributed by atoms with Crippen LogP contribution in [0.5, 0.6) is 0 Å². The molecule has 1 saturated heterocycles. The second-order valence-corrected chi connectivity index (χ2v) is 6.79. The molecule has 2 heterocycles. The Labute approximate surface area is 124 Å². The summed E-state index contributed by atoms with van der Waals surface area (Å²) in [6.07, 6.45) is 2.20. The van der Waals surface area contributed by atoms with Crippen LogP contribution in [0.25, 0.3) is 0 Å². The Bertz CT molecular complexity index is 592. The van der Waals surface area contributed by atoms with Crippen molar-refractivity contribution in [2.75, 3.05) is 25.4 Å². The minimum absolute atomic E-state index is 0.117. The van der Waals surface area contributed by atoms with Crippen molar-refractivity contribution in [2.24, 2.45) is 5.92 Å². The monoisotopic (exact) mass is 313 g/mol. The van der Waals surface area contributed by atoms with Gasteiger partial charge in [0.15, 0.2) is 0 Å². The number of nitrogen functional groups attached to an aromatic ring is 1. The van der Waals surface area contributed by atoms with Gasteiger partial charge in [0.1, 0.15) is 10.7 Å². The summed E-state index contributed by atoms with van der Waals surface area (Å²) in [6.45, 7) is 2.70. The van der Waals surface area contributed by atoms with Crippen LogP contribution >= 0.6 is 0 Å². The maximum absolute atomic E-state index is 12.4. The van der Waals surface area contributed by atoms with Crippen molar-refractivity contribution in [3.05, 3.63) is 18.3 Å². The molecule has 0 unspecified atom stereocenters. The fourth-order valence-electron chi connectivity index (χ4n) is 2.29. The first kappa shape index (κ1) is 15.7. The van der Waals surface area contributed by atoms with Gasteiger partial charge in [-0.1, -0.05) is 0 Å². The summed E-state index contributed by atoms with van der Waals surface area (Å²) in [6, 6.07) is 2.90. The fraction of sp³-hybridized carbons (Fsp3) is 0.538. The fourth-order valence-corrected chi connectivity index (χ4v) is 3.70. The van der Waals surface area contributed by atoms with Gasteiger partial charge in [-0.15, -0.1) is 0 Å². The van der Waals surface area contributed by atoms with E-state index in [0.29, 0.717) is 32.5 Å². The highest BCUT2D eigenvalue weighted by atomic mass is 32.2. The van der Waals surface area contributed by atoms with Crippen molar-refractivity contribution in [3.63, 3.8) is 0 Å². The standard InChI is InChI=1S/C13H19N3O4S/c1-2-20-13(17)10-5-7-16(8-6-10)21(18,19)11-3-4-12(14)15-9-11/h3-4,9-10H,2,5-8H2,1H3,(H2,14,15). The topological polar surface area (TPSA) is 103 Å². The van der Waals surface area contributed by atoms with E-state index in [2.05, 4.69) is 4.98 Å². The number of hydrogen-bond donors (Lipinski definition) is 1. The Morgan fingerprint density at radius 2 is 2.10 bits per heavy atom. The van der Waals surface area contributed by atoms with Crippen LogP contribution in [0.2, 0.25) is 0 Å². The maximum atomic E-state index is 12.4. The number of esters is 1. The summed E-state index contributed by atoms with van der Waals surface area (Å²) >= 11 is 0. The second-order valence-electron chi connectivity index (χ2n) is 4.85. The molecule has 1 aliphatic heterocycles. The van der Waals surface area contributed by atoms with Gasteiger partial charge in [-0.3, -0.25) is 4.79 Å². The molecule has 0 aromatic carbocycles. The lowest BCUT2D eigenvalue weighted by Crippen LogP contribution is -2.40. The first-order chi connectivity index (χ1) is 9.95. The minimum Gasteiger partial charge on any atom is -0.466 e. The molecule has 7 nitrogen and oxygen atoms in total. The molecule has 1 aromatic heterocycles. The Morgan fingerprint density at radius 1 is 1.43 bits per heavy atom. The average molecular weight is 313 g/mol. The Balaban J connectivity index is 2.04. The maximum Gasteiger partial charge on any atom is 0.309 e. The van der Waals surface area contributed by atoms with Crippen molar-refractivity contribution >= 4 is 21.8 Å². The molecule has 0 saturated carbocycles. The summed E-state index contributed by atoms with van der Waals surface area (Å²) in [5, 5.41) is 0. The molecule has 0 atom stereocenters. The Kier molecular flexibility index (Phi) is 4.79. The highest BCUT2D eigenvalue weighted by Crippen LogP contribution is 2.24. The molecule has 1 fully saturated rings. The van der Waals surface area contributed by atoms with Gasteiger partial charge in [0.05, 0.1) is 12.5 Å². The van der Waals surface area contributed by atoms with Gasteiger partial charge in [0.2, 0.25) is 10.0 Å². The van der Waals surface area contributed by atoms with Gasteiger partial charge in [-0.2, -0.15) is 4.31 Å². The van der Waals surface area contributed by atoms with E-state index < -0.39 is 10.0 Å². The number of pyridine rings is 1. The molecule has 2 rings (SSSR count). The zero-order chi connectivity index (χ0) is 15.5. The molecule has 0 bridgehead atoms. The van der Waals surface area contributed by atoms with Crippen LogP contribution in [0, 0.1) is 5.92 Å². The van der Waals surface area contributed by atoms with Gasteiger partial charge in [-0.25, -0.2) is 13.4 Å². The quantitative estimate of drug-likeness (QED) is 0.818. The van der Waals surface area contributed by atoms with E-state index in [1.54, 1.807) is 6.92 Å². The van der Waals surface area contributed by atoms with Crippen molar-refractivity contribution in [2.45, 2.75) is 24.7 Å². The summed E-state index contributed by atoms with van der Waals surface area (Å²) in [4.78, 5) is 15.6. The van der Waals surface area contributed by atoms with E-state index in [4.69, 9.17) is 10.5 Å². The number of anilines is 1. The molecule has 21 heavy (non-hydrogen) atoms. The van der Waals surface area contributed by atoms with Crippen molar-refractivity contribution in [3.8, 4) is 0 Å². The first-order valence-electron chi connectivity index (χ1n) is 6.83. The van der Waals surface area contributed by atoms with Gasteiger partial charge < -0.3 is 10.5 Å². The molecule has 0 aliphatic carbocycles. The van der Waals surface area contributed by atoms with Gasteiger partial charge in [0, 0.05) is 19.3 Å². The number of ether oxygens (including phenoxy) is 1. The van der Waals surface area contributed by atoms with Crippen LogP contribution in [0.15, 0.2) is 23.2 Å². The predicted molar refractivity (Wildman–Crippen MR) is 76.8 cm³/mol. The molecular weight excluding hydrogens is 294 g/mol. The number of piperidine rings is 1. The highest BCUT2D eigenvalue weighted by Gasteiger charge is 2.32. The summed E-state index contributed by atoms with van der Waals surface area (Å²) in [7, 11) is -3.58. The molecule has 2 N–H and O–H groups in total. The van der Waals surface area contributed by atoms with E-state index >= 15 is 0 Å². The number of carbonyl (C=O) groups excluding carboxylic acids is 1. The number of nitrogens with two attached hydrogens (primary N) is 1. The number of rotatable bonds is 4. The lowest BCUT2D eigenvalue weighted by Gasteiger charge is -2.29. The highest BCUT2D eigenvalue weighted by molar-refractivity contribution is 7.89. The molecular formula is C13H19N3O4S. The molecule has 1 aliphatic rings. The van der Waals surface area contributed by atoms with Gasteiger partial charge in [-0.05, 0) is 31.9 Å². The molecule has 0 spiro atoms. The zero-order valence-electron chi connectivity index (χ0n) is 11.9. The molecule has 1 aromatic rings. The smallest absolute Gasteiger partial charge is 0.309 e. The van der Waals surface area contributed by atoms with Crippen molar-refractivity contribution in [1.29, 1.82) is 0 Å². The van der Waals surface area contributed by atoms with Crippen molar-refractivity contribution in [1.82, 2.24) is 9.29 Å². The van der Waals surface area contributed by atoms with Gasteiger partial charge >= 0.3 is 5.97 Å². The number of sulfonamides is 1. The van der Waals surface area contributed by atoms with Crippen LogP contribution < -0.4 is 5.73 Å². The van der Waals surface area contributed by atoms with E-state index in [-0.39, 0.29) is 22.6 Å².